The summed E-state index contributed by atoms with van der Waals surface area (Å²) < 4.78 is 0. The van der Waals surface area contributed by atoms with Gasteiger partial charge in [-0.05, 0) is 49.3 Å². The number of carbonyl (C=O) groups is 2. The Morgan fingerprint density at radius 3 is 2.10 bits per heavy atom. The highest BCUT2D eigenvalue weighted by Gasteiger charge is 2.35. The van der Waals surface area contributed by atoms with Crippen LogP contribution >= 0.6 is 13.5 Å². The highest BCUT2D eigenvalue weighted by Crippen LogP contribution is 2.30. The minimum atomic E-state index is -1.45. The summed E-state index contributed by atoms with van der Waals surface area (Å²) in [5.74, 6) is -0.229. The lowest BCUT2D eigenvalue weighted by atomic mass is 9.88. The van der Waals surface area contributed by atoms with Crippen LogP contribution in [0.1, 0.15) is 38.2 Å². The molecule has 6 nitrogen and oxygen atoms in total. The Labute approximate surface area is 190 Å². The second-order valence-electron chi connectivity index (χ2n) is 8.41. The van der Waals surface area contributed by atoms with Crippen LogP contribution in [0.25, 0.3) is 11.1 Å². The minimum Gasteiger partial charge on any atom is -0.388 e. The Balaban J connectivity index is 0.00000341. The number of carbonyl (C=O) groups excluding carboxylic acids is 2. The van der Waals surface area contributed by atoms with Crippen LogP contribution in [-0.4, -0.2) is 58.3 Å². The van der Waals surface area contributed by atoms with Gasteiger partial charge in [0.1, 0.15) is 12.6 Å². The largest absolute Gasteiger partial charge is 0.388 e. The molecule has 0 aromatic heterocycles. The van der Waals surface area contributed by atoms with Crippen molar-refractivity contribution in [1.29, 1.82) is 0 Å². The Hall–Kier alpha value is -2.35. The molecule has 1 aliphatic heterocycles. The fourth-order valence-electron chi connectivity index (χ4n) is 3.95. The van der Waals surface area contributed by atoms with E-state index in [4.69, 9.17) is 5.11 Å². The lowest BCUT2D eigenvalue weighted by molar-refractivity contribution is -0.129. The average molecular weight is 445 g/mol. The number of amides is 2. The van der Waals surface area contributed by atoms with E-state index in [0.717, 1.165) is 12.8 Å². The Kier molecular flexibility index (Phi) is 8.68. The van der Waals surface area contributed by atoms with Crippen LogP contribution in [0.4, 0.5) is 4.79 Å². The van der Waals surface area contributed by atoms with Gasteiger partial charge >= 0.3 is 6.03 Å². The lowest BCUT2D eigenvalue weighted by Gasteiger charge is -2.35. The molecule has 0 radical (unpaired) electrons. The van der Waals surface area contributed by atoms with Crippen molar-refractivity contribution in [3.8, 4) is 11.1 Å². The van der Waals surface area contributed by atoms with Gasteiger partial charge in [0, 0.05) is 13.1 Å². The van der Waals surface area contributed by atoms with Crippen molar-refractivity contribution in [2.24, 2.45) is 0 Å². The van der Waals surface area contributed by atoms with E-state index in [2.05, 4.69) is 41.7 Å². The molecule has 3 rings (SSSR count). The number of hydrogen-bond donors (Lipinski definition) is 3. The number of urea groups is 1. The van der Waals surface area contributed by atoms with Crippen LogP contribution in [0.2, 0.25) is 0 Å². The van der Waals surface area contributed by atoms with Gasteiger partial charge in [-0.3, -0.25) is 4.79 Å². The highest BCUT2D eigenvalue weighted by molar-refractivity contribution is 7.59. The van der Waals surface area contributed by atoms with Crippen molar-refractivity contribution in [2.75, 3.05) is 19.7 Å². The second kappa shape index (κ2) is 10.8. The van der Waals surface area contributed by atoms with Crippen LogP contribution in [-0.2, 0) is 4.79 Å². The van der Waals surface area contributed by atoms with Crippen LogP contribution in [0.5, 0.6) is 0 Å². The molecule has 1 heterocycles. The summed E-state index contributed by atoms with van der Waals surface area (Å²) in [6.45, 7) is 3.30. The number of aliphatic hydroxyl groups is 2. The third-order valence-electron chi connectivity index (χ3n) is 5.72. The molecular formula is C24H32N2O4S. The third-order valence-corrected chi connectivity index (χ3v) is 5.72. The number of nitrogens with zero attached hydrogens (tertiary/aromatic N) is 1. The first-order chi connectivity index (χ1) is 14.3. The monoisotopic (exact) mass is 444 g/mol. The third kappa shape index (κ3) is 6.32. The molecule has 2 aromatic carbocycles. The van der Waals surface area contributed by atoms with Gasteiger partial charge in [0.2, 0.25) is 0 Å². The zero-order valence-corrected chi connectivity index (χ0v) is 19.0. The van der Waals surface area contributed by atoms with Gasteiger partial charge in [0.25, 0.3) is 0 Å². The summed E-state index contributed by atoms with van der Waals surface area (Å²) in [6, 6.07) is 17.3. The fraction of sp³-hybridized carbons (Fsp3) is 0.417. The highest BCUT2D eigenvalue weighted by atomic mass is 32.1. The number of piperidine rings is 1. The maximum Gasteiger partial charge on any atom is 0.318 e. The van der Waals surface area contributed by atoms with E-state index < -0.39 is 24.0 Å². The van der Waals surface area contributed by atoms with Crippen LogP contribution in [0.15, 0.2) is 54.6 Å². The molecule has 1 atom stereocenters. The predicted octanol–water partition coefficient (Wildman–Crippen LogP) is 3.06. The maximum atomic E-state index is 12.6. The summed E-state index contributed by atoms with van der Waals surface area (Å²) in [5.41, 5.74) is 2.19. The molecule has 1 aliphatic rings. The zero-order valence-electron chi connectivity index (χ0n) is 18.0. The Morgan fingerprint density at radius 1 is 1.03 bits per heavy atom. The van der Waals surface area contributed by atoms with E-state index in [-0.39, 0.29) is 19.5 Å². The summed E-state index contributed by atoms with van der Waals surface area (Å²) in [5, 5.41) is 21.9. The SMILES string of the molecule is CC(C)(O)[C@@H](NC(=O)N1CCC(c2ccc(-c3ccccc3)cc2)CC1)C(=O)CO.S. The molecule has 0 unspecified atom stereocenters. The molecule has 0 spiro atoms. The van der Waals surface area contributed by atoms with E-state index in [1.165, 1.54) is 30.5 Å². The molecule has 31 heavy (non-hydrogen) atoms. The molecule has 168 valence electrons. The van der Waals surface area contributed by atoms with Gasteiger partial charge in [0.15, 0.2) is 5.78 Å². The molecule has 3 N–H and O–H groups in total. The first-order valence-electron chi connectivity index (χ1n) is 10.4. The number of Topliss-reactive ketones (excluding diaryl/α,β-unsaturated/α-hetero) is 1. The topological polar surface area (TPSA) is 89.9 Å². The summed E-state index contributed by atoms with van der Waals surface area (Å²) in [7, 11) is 0. The number of rotatable bonds is 6. The molecule has 0 aliphatic carbocycles. The summed E-state index contributed by atoms with van der Waals surface area (Å²) in [6.07, 6.45) is 1.67. The van der Waals surface area contributed by atoms with Crippen molar-refractivity contribution in [2.45, 2.75) is 44.2 Å². The molecule has 0 bridgehead atoms. The van der Waals surface area contributed by atoms with Gasteiger partial charge in [-0.1, -0.05) is 54.6 Å². The van der Waals surface area contributed by atoms with Crippen molar-refractivity contribution in [3.05, 3.63) is 60.2 Å². The quantitative estimate of drug-likeness (QED) is 0.639. The van der Waals surface area contributed by atoms with E-state index in [1.54, 1.807) is 4.90 Å². The standard InChI is InChI=1S/C24H30N2O4.H2S/c1-24(2,30)22(21(28)16-27)25-23(29)26-14-12-20(13-15-26)19-10-8-18(9-11-19)17-6-4-3-5-7-17;/h3-11,20,22,27,30H,12-16H2,1-2H3,(H,25,29);1H2/t22-;/m0./s1. The molecule has 1 fully saturated rings. The summed E-state index contributed by atoms with van der Waals surface area (Å²) in [4.78, 5) is 26.2. The van der Waals surface area contributed by atoms with Crippen molar-refractivity contribution in [1.82, 2.24) is 10.2 Å². The molecule has 7 heteroatoms. The predicted molar refractivity (Wildman–Crippen MR) is 127 cm³/mol. The van der Waals surface area contributed by atoms with E-state index in [0.29, 0.717) is 19.0 Å². The molecule has 1 saturated heterocycles. The zero-order chi connectivity index (χ0) is 21.7. The molecule has 2 amide bonds. The number of hydrogen-bond acceptors (Lipinski definition) is 4. The Bertz CT molecular complexity index is 857. The lowest BCUT2D eigenvalue weighted by Crippen LogP contribution is -2.58. The van der Waals surface area contributed by atoms with Gasteiger partial charge in [-0.15, -0.1) is 0 Å². The van der Waals surface area contributed by atoms with Gasteiger partial charge in [-0.25, -0.2) is 4.79 Å². The number of likely N-dealkylation sites (tertiary alicyclic amines) is 1. The molecular weight excluding hydrogens is 412 g/mol. The van der Waals surface area contributed by atoms with E-state index in [1.807, 2.05) is 18.2 Å². The van der Waals surface area contributed by atoms with Crippen molar-refractivity contribution in [3.63, 3.8) is 0 Å². The number of aliphatic hydroxyl groups excluding tert-OH is 1. The van der Waals surface area contributed by atoms with Gasteiger partial charge < -0.3 is 20.4 Å². The first kappa shape index (κ1) is 24.9. The van der Waals surface area contributed by atoms with Gasteiger partial charge in [0.05, 0.1) is 5.60 Å². The minimum absolute atomic E-state index is 0. The number of ketones is 1. The van der Waals surface area contributed by atoms with E-state index in [9.17, 15) is 14.7 Å². The van der Waals surface area contributed by atoms with Crippen molar-refractivity contribution < 1.29 is 19.8 Å². The Morgan fingerprint density at radius 2 is 1.58 bits per heavy atom. The fourth-order valence-corrected chi connectivity index (χ4v) is 3.95. The second-order valence-corrected chi connectivity index (χ2v) is 8.41. The van der Waals surface area contributed by atoms with Crippen molar-refractivity contribution >= 4 is 25.3 Å². The van der Waals surface area contributed by atoms with E-state index >= 15 is 0 Å². The maximum absolute atomic E-state index is 12.6. The number of nitrogens with one attached hydrogen (secondary N) is 1. The van der Waals surface area contributed by atoms with Crippen LogP contribution in [0, 0.1) is 0 Å². The van der Waals surface area contributed by atoms with Crippen LogP contribution < -0.4 is 5.32 Å². The normalized spacial score (nSPS) is 15.7. The smallest absolute Gasteiger partial charge is 0.318 e. The molecule has 2 aromatic rings. The van der Waals surface area contributed by atoms with Crippen LogP contribution in [0.3, 0.4) is 0 Å². The summed E-state index contributed by atoms with van der Waals surface area (Å²) >= 11 is 0. The molecule has 0 saturated carbocycles. The first-order valence-corrected chi connectivity index (χ1v) is 10.4. The van der Waals surface area contributed by atoms with Gasteiger partial charge in [-0.2, -0.15) is 13.5 Å². The average Bonchev–Trinajstić information content (AvgIpc) is 2.77. The number of benzene rings is 2.